The second-order valence-corrected chi connectivity index (χ2v) is 6.64. The number of ether oxygens (including phenoxy) is 3. The van der Waals surface area contributed by atoms with Gasteiger partial charge in [0.05, 0.1) is 19.2 Å². The van der Waals surface area contributed by atoms with Crippen LogP contribution < -0.4 is 5.73 Å². The lowest BCUT2D eigenvalue weighted by Crippen LogP contribution is -2.37. The molecule has 3 rings (SSSR count). The highest BCUT2D eigenvalue weighted by atomic mass is 16.6. The summed E-state index contributed by atoms with van der Waals surface area (Å²) in [6, 6.07) is 0. The fraction of sp³-hybridized carbons (Fsp3) is 0.500. The second-order valence-electron chi connectivity index (χ2n) is 6.64. The van der Waals surface area contributed by atoms with Crippen molar-refractivity contribution < 1.29 is 34.0 Å². The van der Waals surface area contributed by atoms with Crippen LogP contribution >= 0.6 is 0 Å². The molecular formula is C18H23N5O7. The zero-order chi connectivity index (χ0) is 21.7. The van der Waals surface area contributed by atoms with Crippen molar-refractivity contribution in [2.75, 3.05) is 12.3 Å². The van der Waals surface area contributed by atoms with Crippen molar-refractivity contribution in [2.24, 2.45) is 0 Å². The number of nitrogens with zero attached hydrogens (tertiary/aromatic N) is 4. The fourth-order valence-corrected chi connectivity index (χ4v) is 3.20. The van der Waals surface area contributed by atoms with E-state index in [1.807, 2.05) is 0 Å². The summed E-state index contributed by atoms with van der Waals surface area (Å²) in [4.78, 5) is 35.5. The quantitative estimate of drug-likeness (QED) is 0.278. The highest BCUT2D eigenvalue weighted by Crippen LogP contribution is 2.33. The van der Waals surface area contributed by atoms with E-state index in [-0.39, 0.29) is 18.7 Å². The number of fused-ring (bicyclic) bond motifs is 1. The zero-order valence-corrected chi connectivity index (χ0v) is 16.1. The Bertz CT molecular complexity index is 917. The molecule has 0 saturated carbocycles. The Hall–Kier alpha value is -3.09. The summed E-state index contributed by atoms with van der Waals surface area (Å²) in [5.41, 5.74) is 6.44. The number of unbranched alkanes of at least 4 members (excludes halogenated alkanes) is 1. The predicted octanol–water partition coefficient (Wildman–Crippen LogP) is -0.182. The Labute approximate surface area is 171 Å². The Morgan fingerprint density at radius 2 is 2.00 bits per heavy atom. The number of carbonyl (C=O) groups excluding carboxylic acids is 2. The van der Waals surface area contributed by atoms with Crippen LogP contribution in [0.15, 0.2) is 25.5 Å². The van der Waals surface area contributed by atoms with Crippen LogP contribution in [-0.4, -0.2) is 66.6 Å². The molecule has 162 valence electrons. The molecule has 4 N–H and O–H groups in total. The molecule has 12 nitrogen and oxygen atoms in total. The number of imidazole rings is 1. The van der Waals surface area contributed by atoms with E-state index in [2.05, 4.69) is 26.3 Å². The lowest BCUT2D eigenvalue weighted by molar-refractivity contribution is -0.157. The summed E-state index contributed by atoms with van der Waals surface area (Å²) in [6.45, 7) is 2.82. The standard InChI is InChI=1S/C18H23N5O7/c1-2-28-11(25)5-3-4-6-12(26)30-15-10(7-24)29-18(14(15)27)23-9-22-13-16(19)20-8-21-17(13)23/h2,8-10,14-15,18,24,27H,1,3-7H2,(H2,19,20,21)/t10-,14-,15-,18-/m1/s1. The van der Waals surface area contributed by atoms with Gasteiger partial charge in [0.2, 0.25) is 0 Å². The van der Waals surface area contributed by atoms with E-state index in [1.165, 1.54) is 17.2 Å². The molecule has 12 heteroatoms. The molecule has 30 heavy (non-hydrogen) atoms. The molecule has 2 aromatic heterocycles. The topological polar surface area (TPSA) is 172 Å². The van der Waals surface area contributed by atoms with Crippen molar-refractivity contribution >= 4 is 28.9 Å². The lowest BCUT2D eigenvalue weighted by atomic mass is 10.1. The van der Waals surface area contributed by atoms with E-state index < -0.39 is 43.1 Å². The molecule has 0 radical (unpaired) electrons. The van der Waals surface area contributed by atoms with Gasteiger partial charge < -0.3 is 30.2 Å². The van der Waals surface area contributed by atoms with Crippen molar-refractivity contribution in [1.82, 2.24) is 19.5 Å². The molecule has 2 aromatic rings. The molecule has 0 unspecified atom stereocenters. The Morgan fingerprint density at radius 1 is 1.27 bits per heavy atom. The van der Waals surface area contributed by atoms with Crippen molar-refractivity contribution in [2.45, 2.75) is 50.2 Å². The summed E-state index contributed by atoms with van der Waals surface area (Å²) in [6.07, 6.45) is 0.392. The third kappa shape index (κ3) is 4.56. The van der Waals surface area contributed by atoms with E-state index >= 15 is 0 Å². The number of esters is 2. The number of hydrogen-bond acceptors (Lipinski definition) is 11. The maximum absolute atomic E-state index is 12.2. The van der Waals surface area contributed by atoms with Crippen molar-refractivity contribution in [3.63, 3.8) is 0 Å². The van der Waals surface area contributed by atoms with Crippen molar-refractivity contribution in [1.29, 1.82) is 0 Å². The molecule has 1 aliphatic heterocycles. The van der Waals surface area contributed by atoms with Crippen LogP contribution in [0.3, 0.4) is 0 Å². The van der Waals surface area contributed by atoms with E-state index in [9.17, 15) is 19.8 Å². The molecule has 0 aliphatic carbocycles. The van der Waals surface area contributed by atoms with Crippen molar-refractivity contribution in [3.8, 4) is 0 Å². The van der Waals surface area contributed by atoms with Gasteiger partial charge in [0.1, 0.15) is 24.1 Å². The first-order chi connectivity index (χ1) is 14.5. The summed E-state index contributed by atoms with van der Waals surface area (Å²) in [5.74, 6) is -0.844. The smallest absolute Gasteiger partial charge is 0.310 e. The monoisotopic (exact) mass is 421 g/mol. The van der Waals surface area contributed by atoms with Crippen LogP contribution in [0.2, 0.25) is 0 Å². The van der Waals surface area contributed by atoms with Gasteiger partial charge in [-0.15, -0.1) is 0 Å². The zero-order valence-electron chi connectivity index (χ0n) is 16.1. The first kappa shape index (κ1) is 21.6. The number of anilines is 1. The van der Waals surface area contributed by atoms with Gasteiger partial charge in [0, 0.05) is 12.8 Å². The largest absolute Gasteiger partial charge is 0.457 e. The van der Waals surface area contributed by atoms with Crippen LogP contribution in [0.1, 0.15) is 31.9 Å². The summed E-state index contributed by atoms with van der Waals surface area (Å²) in [7, 11) is 0. The predicted molar refractivity (Wildman–Crippen MR) is 101 cm³/mol. The Kier molecular flexibility index (Phi) is 6.92. The number of nitrogens with two attached hydrogens (primary N) is 1. The molecule has 0 bridgehead atoms. The minimum Gasteiger partial charge on any atom is -0.457 e. The normalized spacial score (nSPS) is 23.4. The highest BCUT2D eigenvalue weighted by Gasteiger charge is 2.47. The van der Waals surface area contributed by atoms with E-state index in [1.54, 1.807) is 0 Å². The first-order valence-electron chi connectivity index (χ1n) is 9.33. The number of nitrogen functional groups attached to an aromatic ring is 1. The van der Waals surface area contributed by atoms with Gasteiger partial charge in [0.25, 0.3) is 0 Å². The minimum atomic E-state index is -1.28. The van der Waals surface area contributed by atoms with Crippen LogP contribution in [-0.2, 0) is 23.8 Å². The van der Waals surface area contributed by atoms with Crippen LogP contribution in [0.25, 0.3) is 11.2 Å². The van der Waals surface area contributed by atoms with Crippen LogP contribution in [0.4, 0.5) is 5.82 Å². The molecule has 1 saturated heterocycles. The third-order valence-electron chi connectivity index (χ3n) is 4.64. The van der Waals surface area contributed by atoms with Crippen LogP contribution in [0.5, 0.6) is 0 Å². The van der Waals surface area contributed by atoms with Gasteiger partial charge in [-0.25, -0.2) is 15.0 Å². The van der Waals surface area contributed by atoms with Gasteiger partial charge in [-0.2, -0.15) is 0 Å². The maximum atomic E-state index is 12.2. The molecule has 1 fully saturated rings. The molecule has 4 atom stereocenters. The average molecular weight is 421 g/mol. The van der Waals surface area contributed by atoms with Gasteiger partial charge >= 0.3 is 11.9 Å². The fourth-order valence-electron chi connectivity index (χ4n) is 3.20. The van der Waals surface area contributed by atoms with Gasteiger partial charge in [-0.3, -0.25) is 14.2 Å². The third-order valence-corrected chi connectivity index (χ3v) is 4.64. The minimum absolute atomic E-state index is 0.0329. The summed E-state index contributed by atoms with van der Waals surface area (Å²) < 4.78 is 17.1. The number of aliphatic hydroxyl groups is 2. The number of aliphatic hydroxyl groups excluding tert-OH is 2. The van der Waals surface area contributed by atoms with E-state index in [0.717, 1.165) is 6.26 Å². The Morgan fingerprint density at radius 3 is 2.70 bits per heavy atom. The molecule has 0 amide bonds. The lowest BCUT2D eigenvalue weighted by Gasteiger charge is -2.20. The van der Waals surface area contributed by atoms with Gasteiger partial charge in [-0.1, -0.05) is 6.58 Å². The number of carbonyl (C=O) groups is 2. The molecular weight excluding hydrogens is 398 g/mol. The molecule has 3 heterocycles. The van der Waals surface area contributed by atoms with E-state index in [0.29, 0.717) is 24.0 Å². The van der Waals surface area contributed by atoms with Crippen molar-refractivity contribution in [3.05, 3.63) is 25.5 Å². The molecule has 0 spiro atoms. The number of hydrogen-bond donors (Lipinski definition) is 3. The highest BCUT2D eigenvalue weighted by molar-refractivity contribution is 5.81. The average Bonchev–Trinajstić information content (AvgIpc) is 3.28. The summed E-state index contributed by atoms with van der Waals surface area (Å²) in [5, 5.41) is 20.3. The maximum Gasteiger partial charge on any atom is 0.310 e. The van der Waals surface area contributed by atoms with E-state index in [4.69, 9.17) is 15.2 Å². The second kappa shape index (κ2) is 9.61. The molecule has 1 aliphatic rings. The molecule has 0 aromatic carbocycles. The number of aromatic nitrogens is 4. The van der Waals surface area contributed by atoms with Gasteiger partial charge in [-0.05, 0) is 12.8 Å². The van der Waals surface area contributed by atoms with Gasteiger partial charge in [0.15, 0.2) is 23.8 Å². The Balaban J connectivity index is 1.61. The first-order valence-corrected chi connectivity index (χ1v) is 9.33. The SMILES string of the molecule is C=COC(=O)CCCCC(=O)O[C@H]1[C@@H](O)[C@H](n2cnc3c(N)ncnc32)O[C@@H]1CO. The summed E-state index contributed by atoms with van der Waals surface area (Å²) >= 11 is 0. The number of rotatable bonds is 9. The van der Waals surface area contributed by atoms with Crippen LogP contribution in [0, 0.1) is 0 Å².